The van der Waals surface area contributed by atoms with Crippen LogP contribution in [0.5, 0.6) is 0 Å². The maximum atomic E-state index is 12.0. The monoisotopic (exact) mass is 251 g/mol. The molecule has 1 aliphatic carbocycles. The number of aromatic nitrogens is 2. The fourth-order valence-electron chi connectivity index (χ4n) is 2.31. The highest BCUT2D eigenvalue weighted by molar-refractivity contribution is 5.83. The predicted molar refractivity (Wildman–Crippen MR) is 68.5 cm³/mol. The summed E-state index contributed by atoms with van der Waals surface area (Å²) in [5.74, 6) is -0.136. The van der Waals surface area contributed by atoms with Gasteiger partial charge in [0.1, 0.15) is 6.04 Å². The lowest BCUT2D eigenvalue weighted by Crippen LogP contribution is -2.44. The molecule has 1 fully saturated rings. The van der Waals surface area contributed by atoms with Crippen LogP contribution in [0, 0.1) is 0 Å². The fraction of sp³-hybridized carbons (Fsp3) is 0.667. The largest absolute Gasteiger partial charge is 0.352 e. The van der Waals surface area contributed by atoms with Crippen molar-refractivity contribution in [3.63, 3.8) is 0 Å². The lowest BCUT2D eigenvalue weighted by atomic mass is 9.91. The highest BCUT2D eigenvalue weighted by Crippen LogP contribution is 2.18. The molecule has 5 N–H and O–H groups in total. The lowest BCUT2D eigenvalue weighted by Gasteiger charge is -2.27. The van der Waals surface area contributed by atoms with Crippen LogP contribution in [0.1, 0.15) is 37.3 Å². The van der Waals surface area contributed by atoms with Crippen LogP contribution in [0.15, 0.2) is 12.4 Å². The third kappa shape index (κ3) is 3.08. The molecule has 1 aromatic rings. The van der Waals surface area contributed by atoms with E-state index in [1.807, 2.05) is 0 Å². The number of hydrogen-bond acceptors (Lipinski definition) is 4. The van der Waals surface area contributed by atoms with Crippen LogP contribution in [0.4, 0.5) is 0 Å². The highest BCUT2D eigenvalue weighted by Gasteiger charge is 2.23. The van der Waals surface area contributed by atoms with Gasteiger partial charge in [0, 0.05) is 30.9 Å². The Bertz CT molecular complexity index is 408. The van der Waals surface area contributed by atoms with E-state index in [0.29, 0.717) is 0 Å². The van der Waals surface area contributed by atoms with Gasteiger partial charge in [-0.2, -0.15) is 5.10 Å². The van der Waals surface area contributed by atoms with Gasteiger partial charge in [0.05, 0.1) is 6.20 Å². The SMILES string of the molecule is Cn1cc(C(N)C(=O)NC2CCC(N)CC2)cn1. The number of rotatable bonds is 3. The smallest absolute Gasteiger partial charge is 0.241 e. The molecule has 1 aromatic heterocycles. The average Bonchev–Trinajstić information content (AvgIpc) is 2.78. The Hall–Kier alpha value is -1.40. The lowest BCUT2D eigenvalue weighted by molar-refractivity contribution is -0.123. The molecule has 0 saturated heterocycles. The normalized spacial score (nSPS) is 25.7. The summed E-state index contributed by atoms with van der Waals surface area (Å²) in [7, 11) is 1.80. The number of nitrogens with one attached hydrogen (secondary N) is 1. The summed E-state index contributed by atoms with van der Waals surface area (Å²) < 4.78 is 1.64. The maximum Gasteiger partial charge on any atom is 0.241 e. The molecular formula is C12H21N5O. The molecule has 0 aromatic carbocycles. The molecule has 0 bridgehead atoms. The minimum Gasteiger partial charge on any atom is -0.352 e. The van der Waals surface area contributed by atoms with Crippen molar-refractivity contribution >= 4 is 5.91 Å². The Morgan fingerprint density at radius 1 is 1.50 bits per heavy atom. The molecule has 0 aliphatic heterocycles. The van der Waals surface area contributed by atoms with Gasteiger partial charge in [-0.1, -0.05) is 0 Å². The Labute approximate surface area is 107 Å². The molecule has 1 atom stereocenters. The first-order chi connectivity index (χ1) is 8.56. The van der Waals surface area contributed by atoms with E-state index in [4.69, 9.17) is 11.5 Å². The number of aryl methyl sites for hydroxylation is 1. The first-order valence-corrected chi connectivity index (χ1v) is 6.36. The van der Waals surface area contributed by atoms with Crippen LogP contribution in [0.25, 0.3) is 0 Å². The zero-order chi connectivity index (χ0) is 13.1. The summed E-state index contributed by atoms with van der Waals surface area (Å²) in [6.45, 7) is 0. The quantitative estimate of drug-likeness (QED) is 0.693. The standard InChI is InChI=1S/C12H21N5O/c1-17-7-8(6-15-17)11(14)12(18)16-10-4-2-9(13)3-5-10/h6-7,9-11H,2-5,13-14H2,1H3,(H,16,18). The molecule has 1 amide bonds. The van der Waals surface area contributed by atoms with E-state index < -0.39 is 6.04 Å². The van der Waals surface area contributed by atoms with Gasteiger partial charge < -0.3 is 16.8 Å². The van der Waals surface area contributed by atoms with Crippen LogP contribution in [-0.2, 0) is 11.8 Å². The van der Waals surface area contributed by atoms with Gasteiger partial charge in [-0.05, 0) is 25.7 Å². The summed E-state index contributed by atoms with van der Waals surface area (Å²) in [6.07, 6.45) is 7.20. The molecule has 18 heavy (non-hydrogen) atoms. The summed E-state index contributed by atoms with van der Waals surface area (Å²) in [4.78, 5) is 12.0. The molecule has 0 spiro atoms. The van der Waals surface area contributed by atoms with Crippen molar-refractivity contribution in [2.75, 3.05) is 0 Å². The summed E-state index contributed by atoms with van der Waals surface area (Å²) in [6, 6.07) is -0.153. The van der Waals surface area contributed by atoms with Crippen LogP contribution in [0.2, 0.25) is 0 Å². The summed E-state index contributed by atoms with van der Waals surface area (Å²) in [5, 5.41) is 7.01. The third-order valence-corrected chi connectivity index (χ3v) is 3.48. The first-order valence-electron chi connectivity index (χ1n) is 6.36. The van der Waals surface area contributed by atoms with Crippen LogP contribution < -0.4 is 16.8 Å². The predicted octanol–water partition coefficient (Wildman–Crippen LogP) is -0.194. The zero-order valence-corrected chi connectivity index (χ0v) is 10.7. The molecule has 6 nitrogen and oxygen atoms in total. The van der Waals surface area contributed by atoms with E-state index in [9.17, 15) is 4.79 Å². The molecule has 1 aliphatic rings. The average molecular weight is 251 g/mol. The first kappa shape index (κ1) is 13.0. The van der Waals surface area contributed by atoms with Gasteiger partial charge in [0.25, 0.3) is 0 Å². The van der Waals surface area contributed by atoms with Gasteiger partial charge in [-0.3, -0.25) is 9.48 Å². The minimum atomic E-state index is -0.644. The topological polar surface area (TPSA) is 99.0 Å². The van der Waals surface area contributed by atoms with Gasteiger partial charge in [-0.15, -0.1) is 0 Å². The number of nitrogens with two attached hydrogens (primary N) is 2. The third-order valence-electron chi connectivity index (χ3n) is 3.48. The Kier molecular flexibility index (Phi) is 3.98. The number of amides is 1. The second-order valence-electron chi connectivity index (χ2n) is 5.05. The molecule has 100 valence electrons. The van der Waals surface area contributed by atoms with Crippen molar-refractivity contribution in [3.8, 4) is 0 Å². The Balaban J connectivity index is 1.88. The van der Waals surface area contributed by atoms with E-state index in [1.54, 1.807) is 24.1 Å². The second kappa shape index (κ2) is 5.49. The van der Waals surface area contributed by atoms with E-state index in [2.05, 4.69) is 10.4 Å². The van der Waals surface area contributed by atoms with Gasteiger partial charge >= 0.3 is 0 Å². The van der Waals surface area contributed by atoms with Crippen molar-refractivity contribution in [2.45, 2.75) is 43.8 Å². The molecule has 0 radical (unpaired) electrons. The van der Waals surface area contributed by atoms with Crippen LogP contribution in [0.3, 0.4) is 0 Å². The van der Waals surface area contributed by atoms with Crippen LogP contribution in [-0.4, -0.2) is 27.8 Å². The summed E-state index contributed by atoms with van der Waals surface area (Å²) in [5.41, 5.74) is 12.5. The highest BCUT2D eigenvalue weighted by atomic mass is 16.2. The molecular weight excluding hydrogens is 230 g/mol. The molecule has 1 heterocycles. The number of carbonyl (C=O) groups excluding carboxylic acids is 1. The van der Waals surface area contributed by atoms with Gasteiger partial charge in [-0.25, -0.2) is 0 Å². The minimum absolute atomic E-state index is 0.136. The van der Waals surface area contributed by atoms with Crippen LogP contribution >= 0.6 is 0 Å². The van der Waals surface area contributed by atoms with Crippen molar-refractivity contribution in [1.29, 1.82) is 0 Å². The number of nitrogens with zero attached hydrogens (tertiary/aromatic N) is 2. The van der Waals surface area contributed by atoms with Crippen molar-refractivity contribution in [3.05, 3.63) is 18.0 Å². The number of hydrogen-bond donors (Lipinski definition) is 3. The Morgan fingerprint density at radius 2 is 2.17 bits per heavy atom. The van der Waals surface area contributed by atoms with Crippen molar-refractivity contribution < 1.29 is 4.79 Å². The van der Waals surface area contributed by atoms with E-state index in [1.165, 1.54) is 0 Å². The van der Waals surface area contributed by atoms with Crippen molar-refractivity contribution in [2.24, 2.45) is 18.5 Å². The second-order valence-corrected chi connectivity index (χ2v) is 5.05. The molecule has 1 saturated carbocycles. The van der Waals surface area contributed by atoms with Crippen molar-refractivity contribution in [1.82, 2.24) is 15.1 Å². The fourth-order valence-corrected chi connectivity index (χ4v) is 2.31. The Morgan fingerprint density at radius 3 is 2.72 bits per heavy atom. The van der Waals surface area contributed by atoms with E-state index >= 15 is 0 Å². The molecule has 2 rings (SSSR count). The van der Waals surface area contributed by atoms with E-state index in [0.717, 1.165) is 31.2 Å². The van der Waals surface area contributed by atoms with Gasteiger partial charge in [0.2, 0.25) is 5.91 Å². The zero-order valence-electron chi connectivity index (χ0n) is 10.7. The van der Waals surface area contributed by atoms with E-state index in [-0.39, 0.29) is 18.0 Å². The molecule has 6 heteroatoms. The molecule has 1 unspecified atom stereocenters. The number of carbonyl (C=O) groups is 1. The maximum absolute atomic E-state index is 12.0. The van der Waals surface area contributed by atoms with Gasteiger partial charge in [0.15, 0.2) is 0 Å². The summed E-state index contributed by atoms with van der Waals surface area (Å²) >= 11 is 0.